The summed E-state index contributed by atoms with van der Waals surface area (Å²) in [7, 11) is 0. The number of halogens is 1. The van der Waals surface area contributed by atoms with Crippen molar-refractivity contribution >= 4 is 43.9 Å². The van der Waals surface area contributed by atoms with Gasteiger partial charge in [-0.3, -0.25) is 4.99 Å². The first-order chi connectivity index (χ1) is 11.7. The van der Waals surface area contributed by atoms with Crippen molar-refractivity contribution in [2.75, 3.05) is 13.2 Å². The Labute approximate surface area is 152 Å². The first-order valence-electron chi connectivity index (χ1n) is 7.55. The Hall–Kier alpha value is -2.05. The number of benzene rings is 2. The van der Waals surface area contributed by atoms with Crippen LogP contribution < -0.4 is 15.2 Å². The highest BCUT2D eigenvalue weighted by molar-refractivity contribution is 9.10. The monoisotopic (exact) mass is 402 g/mol. The van der Waals surface area contributed by atoms with E-state index in [2.05, 4.69) is 33.1 Å². The van der Waals surface area contributed by atoms with Gasteiger partial charge >= 0.3 is 0 Å². The first kappa shape index (κ1) is 15.5. The molecule has 122 valence electrons. The maximum Gasteiger partial charge on any atom is 0.141 e. The van der Waals surface area contributed by atoms with E-state index in [0.29, 0.717) is 19.0 Å². The molecule has 3 aromatic rings. The predicted octanol–water partition coefficient (Wildman–Crippen LogP) is 4.21. The Bertz CT molecular complexity index is 922. The largest absolute Gasteiger partial charge is 0.491 e. The molecule has 0 aliphatic carbocycles. The number of nitrogens with zero attached hydrogens (tertiary/aromatic N) is 1. The predicted molar refractivity (Wildman–Crippen MR) is 101 cm³/mol. The van der Waals surface area contributed by atoms with E-state index in [1.165, 1.54) is 5.39 Å². The van der Waals surface area contributed by atoms with E-state index in [-0.39, 0.29) is 6.04 Å². The van der Waals surface area contributed by atoms with E-state index < -0.39 is 0 Å². The van der Waals surface area contributed by atoms with Gasteiger partial charge in [0.1, 0.15) is 41.5 Å². The van der Waals surface area contributed by atoms with Crippen molar-refractivity contribution in [1.82, 2.24) is 0 Å². The number of hydrogen-bond donors (Lipinski definition) is 1. The van der Waals surface area contributed by atoms with E-state index in [0.717, 1.165) is 26.2 Å². The molecular weight excluding hydrogens is 388 g/mol. The summed E-state index contributed by atoms with van der Waals surface area (Å²) in [5.74, 6) is 2.15. The van der Waals surface area contributed by atoms with Crippen molar-refractivity contribution in [2.24, 2.45) is 10.7 Å². The van der Waals surface area contributed by atoms with E-state index in [1.54, 1.807) is 11.3 Å². The molecule has 0 radical (unpaired) electrons. The van der Waals surface area contributed by atoms with Crippen molar-refractivity contribution in [3.63, 3.8) is 0 Å². The van der Waals surface area contributed by atoms with Crippen molar-refractivity contribution in [2.45, 2.75) is 6.04 Å². The number of rotatable bonds is 3. The fourth-order valence-electron chi connectivity index (χ4n) is 2.64. The molecule has 0 saturated carbocycles. The third kappa shape index (κ3) is 3.12. The van der Waals surface area contributed by atoms with Crippen LogP contribution in [0.5, 0.6) is 11.5 Å². The van der Waals surface area contributed by atoms with Crippen LogP contribution in [-0.4, -0.2) is 25.1 Å². The fourth-order valence-corrected chi connectivity index (χ4v) is 3.76. The zero-order valence-electron chi connectivity index (χ0n) is 12.7. The molecule has 1 aromatic heterocycles. The van der Waals surface area contributed by atoms with Gasteiger partial charge < -0.3 is 15.2 Å². The van der Waals surface area contributed by atoms with Gasteiger partial charge in [-0.1, -0.05) is 28.1 Å². The fraction of sp³-hybridized carbons (Fsp3) is 0.167. The lowest BCUT2D eigenvalue weighted by molar-refractivity contribution is 0.224. The molecular formula is C18H15BrN2O2S. The van der Waals surface area contributed by atoms with Crippen LogP contribution in [0.25, 0.3) is 10.8 Å². The number of thiophene rings is 1. The molecule has 1 aliphatic heterocycles. The summed E-state index contributed by atoms with van der Waals surface area (Å²) in [5.41, 5.74) is 6.06. The summed E-state index contributed by atoms with van der Waals surface area (Å²) in [6, 6.07) is 14.0. The second-order valence-corrected chi connectivity index (χ2v) is 7.39. The Morgan fingerprint density at radius 2 is 2.04 bits per heavy atom. The van der Waals surface area contributed by atoms with Crippen molar-refractivity contribution < 1.29 is 9.47 Å². The second kappa shape index (κ2) is 6.45. The number of amidine groups is 1. The van der Waals surface area contributed by atoms with Gasteiger partial charge in [0.05, 0.1) is 0 Å². The summed E-state index contributed by atoms with van der Waals surface area (Å²) in [6.45, 7) is 0.892. The molecule has 4 nitrogen and oxygen atoms in total. The Morgan fingerprint density at radius 3 is 2.96 bits per heavy atom. The average Bonchev–Trinajstić information content (AvgIpc) is 3.00. The SMILES string of the molecule is NC1=NC(COc2ccc3cc(Br)ccc3c2)COc2ccsc21. The molecule has 0 saturated heterocycles. The lowest BCUT2D eigenvalue weighted by Gasteiger charge is -2.13. The van der Waals surface area contributed by atoms with Crippen LogP contribution in [0.3, 0.4) is 0 Å². The van der Waals surface area contributed by atoms with Crippen LogP contribution in [0.15, 0.2) is 57.3 Å². The van der Waals surface area contributed by atoms with Crippen LogP contribution in [0, 0.1) is 0 Å². The summed E-state index contributed by atoms with van der Waals surface area (Å²) >= 11 is 5.03. The van der Waals surface area contributed by atoms with Crippen LogP contribution in [0.4, 0.5) is 0 Å². The third-order valence-electron chi connectivity index (χ3n) is 3.83. The molecule has 0 amide bonds. The quantitative estimate of drug-likeness (QED) is 0.713. The summed E-state index contributed by atoms with van der Waals surface area (Å²) in [5, 5.41) is 4.26. The minimum Gasteiger partial charge on any atom is -0.491 e. The standard InChI is InChI=1S/C18H15BrN2O2S/c19-13-3-1-12-8-15(4-2-11(12)7-13)22-9-14-10-23-16-5-6-24-17(16)18(20)21-14/h1-8,14H,9-10H2,(H2,20,21). The summed E-state index contributed by atoms with van der Waals surface area (Å²) < 4.78 is 12.8. The second-order valence-electron chi connectivity index (χ2n) is 5.56. The molecule has 0 spiro atoms. The molecule has 1 aliphatic rings. The molecule has 6 heteroatoms. The summed E-state index contributed by atoms with van der Waals surface area (Å²) in [4.78, 5) is 5.42. The van der Waals surface area contributed by atoms with Crippen LogP contribution in [0.1, 0.15) is 4.88 Å². The van der Waals surface area contributed by atoms with Gasteiger partial charge in [0.2, 0.25) is 0 Å². The molecule has 2 heterocycles. The van der Waals surface area contributed by atoms with Crippen LogP contribution >= 0.6 is 27.3 Å². The van der Waals surface area contributed by atoms with E-state index in [1.807, 2.05) is 35.7 Å². The molecule has 1 unspecified atom stereocenters. The Balaban J connectivity index is 1.48. The minimum absolute atomic E-state index is 0.120. The molecule has 0 bridgehead atoms. The molecule has 4 rings (SSSR count). The highest BCUT2D eigenvalue weighted by Gasteiger charge is 2.19. The Kier molecular flexibility index (Phi) is 4.16. The topological polar surface area (TPSA) is 56.8 Å². The smallest absolute Gasteiger partial charge is 0.141 e. The molecule has 24 heavy (non-hydrogen) atoms. The lowest BCUT2D eigenvalue weighted by atomic mass is 10.1. The zero-order valence-corrected chi connectivity index (χ0v) is 15.1. The van der Waals surface area contributed by atoms with Gasteiger partial charge in [-0.05, 0) is 46.5 Å². The van der Waals surface area contributed by atoms with Crippen LogP contribution in [-0.2, 0) is 0 Å². The van der Waals surface area contributed by atoms with Crippen molar-refractivity contribution in [3.8, 4) is 11.5 Å². The number of fused-ring (bicyclic) bond motifs is 2. The lowest BCUT2D eigenvalue weighted by Crippen LogP contribution is -2.25. The zero-order chi connectivity index (χ0) is 16.5. The number of nitrogens with two attached hydrogens (primary N) is 1. The highest BCUT2D eigenvalue weighted by atomic mass is 79.9. The van der Waals surface area contributed by atoms with Gasteiger partial charge in [-0.15, -0.1) is 11.3 Å². The summed E-state index contributed by atoms with van der Waals surface area (Å²) in [6.07, 6.45) is 0. The third-order valence-corrected chi connectivity index (χ3v) is 5.24. The maximum absolute atomic E-state index is 6.06. The normalized spacial score (nSPS) is 16.9. The molecule has 0 fully saturated rings. The average molecular weight is 403 g/mol. The number of aliphatic imine (C=N–C) groups is 1. The van der Waals surface area contributed by atoms with Crippen LogP contribution in [0.2, 0.25) is 0 Å². The maximum atomic E-state index is 6.06. The Morgan fingerprint density at radius 1 is 1.21 bits per heavy atom. The molecule has 2 N–H and O–H groups in total. The van der Waals surface area contributed by atoms with E-state index in [9.17, 15) is 0 Å². The number of ether oxygens (including phenoxy) is 2. The van der Waals surface area contributed by atoms with Gasteiger partial charge in [-0.25, -0.2) is 0 Å². The number of hydrogen-bond acceptors (Lipinski definition) is 5. The first-order valence-corrected chi connectivity index (χ1v) is 9.22. The van der Waals surface area contributed by atoms with Crippen molar-refractivity contribution in [3.05, 3.63) is 57.2 Å². The van der Waals surface area contributed by atoms with Gasteiger partial charge in [-0.2, -0.15) is 0 Å². The van der Waals surface area contributed by atoms with Crippen molar-refractivity contribution in [1.29, 1.82) is 0 Å². The minimum atomic E-state index is -0.120. The van der Waals surface area contributed by atoms with E-state index >= 15 is 0 Å². The molecule has 2 aromatic carbocycles. The van der Waals surface area contributed by atoms with E-state index in [4.69, 9.17) is 15.2 Å². The highest BCUT2D eigenvalue weighted by Crippen LogP contribution is 2.27. The van der Waals surface area contributed by atoms with Gasteiger partial charge in [0.15, 0.2) is 0 Å². The van der Waals surface area contributed by atoms with Gasteiger partial charge in [0, 0.05) is 4.47 Å². The molecule has 1 atom stereocenters. The van der Waals surface area contributed by atoms with Gasteiger partial charge in [0.25, 0.3) is 0 Å².